The van der Waals surface area contributed by atoms with Crippen LogP contribution in [-0.2, 0) is 19.3 Å². The minimum absolute atomic E-state index is 0.0322. The number of hydrogen-bond acceptors (Lipinski definition) is 4. The fourth-order valence-electron chi connectivity index (χ4n) is 3.76. The van der Waals surface area contributed by atoms with Gasteiger partial charge in [-0.2, -0.15) is 4.36 Å². The van der Waals surface area contributed by atoms with Crippen molar-refractivity contribution in [1.82, 2.24) is 4.90 Å². The number of allylic oxidation sites excluding steroid dienone is 2. The average molecular weight is 419 g/mol. The van der Waals surface area contributed by atoms with Crippen molar-refractivity contribution < 1.29 is 13.8 Å². The largest absolute Gasteiger partial charge is 0.341 e. The van der Waals surface area contributed by atoms with E-state index in [-0.39, 0.29) is 17.7 Å². The Morgan fingerprint density at radius 2 is 1.79 bits per heavy atom. The minimum Gasteiger partial charge on any atom is -0.341 e. The maximum Gasteiger partial charge on any atom is 0.270 e. The highest BCUT2D eigenvalue weighted by atomic mass is 32.2. The number of carbonyl (C=O) groups excluding carboxylic acids is 2. The van der Waals surface area contributed by atoms with Crippen LogP contribution in [0.3, 0.4) is 0 Å². The second kappa shape index (κ2) is 8.03. The SMILES string of the molecule is O=C(C1CC=CC1)N1CCCS(=O)(=NC(=O)C2(Sc3ccccc3)CC2)CC1. The highest BCUT2D eigenvalue weighted by molar-refractivity contribution is 8.02. The molecule has 1 atom stereocenters. The van der Waals surface area contributed by atoms with Crippen molar-refractivity contribution in [3.8, 4) is 0 Å². The second-order valence-electron chi connectivity index (χ2n) is 7.81. The number of thioether (sulfide) groups is 1. The molecule has 1 aromatic rings. The zero-order valence-corrected chi connectivity index (χ0v) is 17.6. The van der Waals surface area contributed by atoms with E-state index >= 15 is 0 Å². The van der Waals surface area contributed by atoms with E-state index in [9.17, 15) is 13.8 Å². The predicted octanol–water partition coefficient (Wildman–Crippen LogP) is 3.50. The summed E-state index contributed by atoms with van der Waals surface area (Å²) in [4.78, 5) is 28.4. The van der Waals surface area contributed by atoms with Crippen LogP contribution in [0.1, 0.15) is 32.1 Å². The molecular weight excluding hydrogens is 392 g/mol. The summed E-state index contributed by atoms with van der Waals surface area (Å²) in [6.45, 7) is 1.05. The predicted molar refractivity (Wildman–Crippen MR) is 113 cm³/mol. The van der Waals surface area contributed by atoms with Gasteiger partial charge in [0.05, 0.1) is 9.73 Å². The molecule has 5 nitrogen and oxygen atoms in total. The summed E-state index contributed by atoms with van der Waals surface area (Å²) in [5, 5.41) is 0. The molecule has 0 radical (unpaired) electrons. The van der Waals surface area contributed by atoms with Crippen molar-refractivity contribution >= 4 is 33.3 Å². The smallest absolute Gasteiger partial charge is 0.270 e. The van der Waals surface area contributed by atoms with Crippen molar-refractivity contribution in [2.75, 3.05) is 24.6 Å². The van der Waals surface area contributed by atoms with Gasteiger partial charge in [-0.1, -0.05) is 30.4 Å². The van der Waals surface area contributed by atoms with Crippen LogP contribution in [0.5, 0.6) is 0 Å². The lowest BCUT2D eigenvalue weighted by atomic mass is 10.1. The first-order valence-electron chi connectivity index (χ1n) is 9.95. The Balaban J connectivity index is 1.43. The quantitative estimate of drug-likeness (QED) is 0.702. The highest BCUT2D eigenvalue weighted by Crippen LogP contribution is 2.52. The molecule has 0 aromatic heterocycles. The molecule has 28 heavy (non-hydrogen) atoms. The molecule has 1 saturated heterocycles. The van der Waals surface area contributed by atoms with Crippen LogP contribution >= 0.6 is 11.8 Å². The summed E-state index contributed by atoms with van der Waals surface area (Å²) in [6, 6.07) is 9.84. The number of carbonyl (C=O) groups is 2. The van der Waals surface area contributed by atoms with Crippen LogP contribution in [0.15, 0.2) is 51.7 Å². The fraction of sp³-hybridized carbons (Fsp3) is 0.524. The van der Waals surface area contributed by atoms with Crippen molar-refractivity contribution in [1.29, 1.82) is 0 Å². The third kappa shape index (κ3) is 4.35. The van der Waals surface area contributed by atoms with Gasteiger partial charge in [0, 0.05) is 35.4 Å². The Labute approximate surface area is 171 Å². The van der Waals surface area contributed by atoms with Crippen molar-refractivity contribution in [3.05, 3.63) is 42.5 Å². The van der Waals surface area contributed by atoms with Gasteiger partial charge in [-0.25, -0.2) is 4.21 Å². The molecule has 1 aromatic carbocycles. The molecule has 4 rings (SSSR count). The number of rotatable bonds is 4. The van der Waals surface area contributed by atoms with Crippen molar-refractivity contribution in [2.24, 2.45) is 10.3 Å². The number of amides is 2. The summed E-state index contributed by atoms with van der Waals surface area (Å²) >= 11 is 1.54. The van der Waals surface area contributed by atoms with E-state index in [1.165, 1.54) is 11.8 Å². The molecule has 2 amide bonds. The van der Waals surface area contributed by atoms with Crippen LogP contribution in [0, 0.1) is 5.92 Å². The van der Waals surface area contributed by atoms with E-state index in [4.69, 9.17) is 0 Å². The van der Waals surface area contributed by atoms with E-state index in [2.05, 4.69) is 16.5 Å². The maximum atomic E-state index is 13.3. The molecule has 0 spiro atoms. The van der Waals surface area contributed by atoms with Crippen LogP contribution in [0.4, 0.5) is 0 Å². The molecule has 1 unspecified atom stereocenters. The van der Waals surface area contributed by atoms with Crippen molar-refractivity contribution in [2.45, 2.75) is 41.7 Å². The monoisotopic (exact) mass is 418 g/mol. The van der Waals surface area contributed by atoms with E-state index in [0.29, 0.717) is 31.0 Å². The summed E-state index contributed by atoms with van der Waals surface area (Å²) in [6.07, 6.45) is 7.90. The van der Waals surface area contributed by atoms with Crippen LogP contribution in [-0.4, -0.2) is 50.3 Å². The Morgan fingerprint density at radius 1 is 1.07 bits per heavy atom. The molecule has 0 N–H and O–H groups in total. The first-order chi connectivity index (χ1) is 13.5. The zero-order chi connectivity index (χ0) is 19.6. The fourth-order valence-corrected chi connectivity index (χ4v) is 6.95. The minimum atomic E-state index is -2.60. The Hall–Kier alpha value is -1.60. The normalized spacial score (nSPS) is 26.6. The molecule has 3 aliphatic rings. The molecule has 150 valence electrons. The Morgan fingerprint density at radius 3 is 2.46 bits per heavy atom. The molecular formula is C21H26N2O3S2. The van der Waals surface area contributed by atoms with Crippen LogP contribution < -0.4 is 0 Å². The van der Waals surface area contributed by atoms with Crippen LogP contribution in [0.25, 0.3) is 0 Å². The second-order valence-corrected chi connectivity index (χ2v) is 11.8. The van der Waals surface area contributed by atoms with E-state index in [1.807, 2.05) is 35.2 Å². The molecule has 2 fully saturated rings. The number of hydrogen-bond donors (Lipinski definition) is 0. The summed E-state index contributed by atoms with van der Waals surface area (Å²) in [5.74, 6) is 0.656. The topological polar surface area (TPSA) is 66.8 Å². The molecule has 7 heteroatoms. The van der Waals surface area contributed by atoms with E-state index < -0.39 is 14.5 Å². The van der Waals surface area contributed by atoms with Gasteiger partial charge in [0.2, 0.25) is 5.91 Å². The van der Waals surface area contributed by atoms with Gasteiger partial charge < -0.3 is 4.90 Å². The summed E-state index contributed by atoms with van der Waals surface area (Å²) < 4.78 is 17.0. The highest BCUT2D eigenvalue weighted by Gasteiger charge is 2.51. The van der Waals surface area contributed by atoms with E-state index in [1.54, 1.807) is 0 Å². The lowest BCUT2D eigenvalue weighted by Crippen LogP contribution is -2.37. The third-order valence-electron chi connectivity index (χ3n) is 5.64. The molecule has 1 saturated carbocycles. The lowest BCUT2D eigenvalue weighted by Gasteiger charge is -2.23. The van der Waals surface area contributed by atoms with Gasteiger partial charge in [-0.15, -0.1) is 11.8 Å². The van der Waals surface area contributed by atoms with Gasteiger partial charge >= 0.3 is 0 Å². The van der Waals surface area contributed by atoms with Gasteiger partial charge in [0.25, 0.3) is 5.91 Å². The zero-order valence-electron chi connectivity index (χ0n) is 15.9. The van der Waals surface area contributed by atoms with Gasteiger partial charge in [-0.05, 0) is 44.2 Å². The summed E-state index contributed by atoms with van der Waals surface area (Å²) in [5.41, 5.74) is 0. The van der Waals surface area contributed by atoms with Gasteiger partial charge in [0.1, 0.15) is 4.75 Å². The lowest BCUT2D eigenvalue weighted by molar-refractivity contribution is -0.134. The van der Waals surface area contributed by atoms with E-state index in [0.717, 1.165) is 30.6 Å². The Bertz CT molecular complexity index is 891. The van der Waals surface area contributed by atoms with Gasteiger partial charge in [0.15, 0.2) is 0 Å². The number of benzene rings is 1. The molecule has 2 aliphatic carbocycles. The first-order valence-corrected chi connectivity index (χ1v) is 12.6. The third-order valence-corrected chi connectivity index (χ3v) is 9.37. The standard InChI is InChI=1S/C21H26N2O3S2/c24-19(17-7-4-5-8-17)23-13-6-15-28(26,16-14-23)22-20(25)21(11-12-21)27-18-9-2-1-3-10-18/h1-5,9-10,17H,6-8,11-16H2. The molecule has 0 bridgehead atoms. The van der Waals surface area contributed by atoms with Gasteiger partial charge in [-0.3, -0.25) is 9.59 Å². The summed E-state index contributed by atoms with van der Waals surface area (Å²) in [7, 11) is -2.60. The number of nitrogens with zero attached hydrogens (tertiary/aromatic N) is 2. The van der Waals surface area contributed by atoms with Crippen molar-refractivity contribution in [3.63, 3.8) is 0 Å². The molecule has 1 heterocycles. The average Bonchev–Trinajstić information content (AvgIpc) is 3.32. The first kappa shape index (κ1) is 19.7. The van der Waals surface area contributed by atoms with Crippen LogP contribution in [0.2, 0.25) is 0 Å². The maximum absolute atomic E-state index is 13.3. The molecule has 1 aliphatic heterocycles. The Kier molecular flexibility index (Phi) is 5.65.